The lowest BCUT2D eigenvalue weighted by Gasteiger charge is -2.22. The van der Waals surface area contributed by atoms with Gasteiger partial charge in [-0.05, 0) is 37.5 Å². The Hall–Kier alpha value is -2.02. The number of carbonyl (C=O) groups is 2. The summed E-state index contributed by atoms with van der Waals surface area (Å²) in [5.74, 6) is -0.722. The highest BCUT2D eigenvalue weighted by Gasteiger charge is 2.24. The molecule has 0 radical (unpaired) electrons. The fourth-order valence-electron chi connectivity index (χ4n) is 2.63. The molecule has 2 amide bonds. The average molecular weight is 340 g/mol. The number of nitrogens with zero attached hydrogens (tertiary/aromatic N) is 1. The Balaban J connectivity index is 2.07. The number of halogens is 2. The van der Waals surface area contributed by atoms with E-state index in [4.69, 9.17) is 4.74 Å². The zero-order chi connectivity index (χ0) is 17.5. The summed E-state index contributed by atoms with van der Waals surface area (Å²) < 4.78 is 30.6. The van der Waals surface area contributed by atoms with Gasteiger partial charge >= 0.3 is 0 Å². The second kappa shape index (κ2) is 8.73. The third-order valence-electron chi connectivity index (χ3n) is 3.74. The van der Waals surface area contributed by atoms with Gasteiger partial charge in [0.1, 0.15) is 6.10 Å². The number of carbonyl (C=O) groups excluding carboxylic acids is 2. The zero-order valence-corrected chi connectivity index (χ0v) is 13.6. The molecule has 0 saturated carbocycles. The third-order valence-corrected chi connectivity index (χ3v) is 3.74. The Bertz CT molecular complexity index is 575. The van der Waals surface area contributed by atoms with Crippen molar-refractivity contribution in [2.24, 2.45) is 0 Å². The first-order chi connectivity index (χ1) is 11.5. The van der Waals surface area contributed by atoms with E-state index in [2.05, 4.69) is 5.32 Å². The highest BCUT2D eigenvalue weighted by Crippen LogP contribution is 2.17. The molecule has 1 aromatic rings. The molecule has 1 fully saturated rings. The largest absolute Gasteiger partial charge is 0.368 e. The molecule has 132 valence electrons. The standard InChI is InChI=1S/C17H22F2N2O3/c1-2-8-21(11-15(18)19)17(23)12-5-3-6-13(10-12)20-16(22)14-7-4-9-24-14/h3,5-6,10,14-15H,2,4,7-9,11H2,1H3,(H,20,22)/t14-/m1/s1. The van der Waals surface area contributed by atoms with Gasteiger partial charge in [-0.2, -0.15) is 0 Å². The van der Waals surface area contributed by atoms with Gasteiger partial charge in [-0.25, -0.2) is 8.78 Å². The summed E-state index contributed by atoms with van der Waals surface area (Å²) >= 11 is 0. The lowest BCUT2D eigenvalue weighted by Crippen LogP contribution is -2.35. The predicted octanol–water partition coefficient (Wildman–Crippen LogP) is 2.92. The number of benzene rings is 1. The predicted molar refractivity (Wildman–Crippen MR) is 86.2 cm³/mol. The van der Waals surface area contributed by atoms with Crippen LogP contribution in [-0.2, 0) is 9.53 Å². The minimum absolute atomic E-state index is 0.255. The zero-order valence-electron chi connectivity index (χ0n) is 13.6. The van der Waals surface area contributed by atoms with Crippen molar-refractivity contribution in [2.45, 2.75) is 38.7 Å². The van der Waals surface area contributed by atoms with Gasteiger partial charge in [0, 0.05) is 24.4 Å². The van der Waals surface area contributed by atoms with Crippen LogP contribution in [0.25, 0.3) is 0 Å². The molecule has 1 N–H and O–H groups in total. The van der Waals surface area contributed by atoms with Crippen LogP contribution in [0.5, 0.6) is 0 Å². The Morgan fingerprint density at radius 1 is 1.42 bits per heavy atom. The molecule has 0 aromatic heterocycles. The van der Waals surface area contributed by atoms with Crippen LogP contribution in [-0.4, -0.2) is 48.9 Å². The SMILES string of the molecule is CCCN(CC(F)F)C(=O)c1cccc(NC(=O)[C@H]2CCCO2)c1. The number of alkyl halides is 2. The van der Waals surface area contributed by atoms with Crippen molar-refractivity contribution in [2.75, 3.05) is 25.0 Å². The topological polar surface area (TPSA) is 58.6 Å². The first kappa shape index (κ1) is 18.3. The molecule has 1 aliphatic heterocycles. The number of nitrogens with one attached hydrogen (secondary N) is 1. The molecule has 5 nitrogen and oxygen atoms in total. The second-order valence-corrected chi connectivity index (χ2v) is 5.71. The van der Waals surface area contributed by atoms with Crippen LogP contribution in [0.4, 0.5) is 14.5 Å². The monoisotopic (exact) mass is 340 g/mol. The van der Waals surface area contributed by atoms with Crippen molar-refractivity contribution in [1.29, 1.82) is 0 Å². The molecule has 0 spiro atoms. The molecule has 1 saturated heterocycles. The summed E-state index contributed by atoms with van der Waals surface area (Å²) in [4.78, 5) is 25.6. The Labute approximate surface area is 140 Å². The van der Waals surface area contributed by atoms with Crippen LogP contribution in [0.15, 0.2) is 24.3 Å². The quantitative estimate of drug-likeness (QED) is 0.830. The molecule has 1 atom stereocenters. The summed E-state index contributed by atoms with van der Waals surface area (Å²) in [7, 11) is 0. The van der Waals surface area contributed by atoms with Gasteiger partial charge in [0.2, 0.25) is 0 Å². The van der Waals surface area contributed by atoms with E-state index in [9.17, 15) is 18.4 Å². The van der Waals surface area contributed by atoms with Crippen molar-refractivity contribution >= 4 is 17.5 Å². The van der Waals surface area contributed by atoms with E-state index in [1.54, 1.807) is 18.2 Å². The molecule has 0 unspecified atom stereocenters. The summed E-state index contributed by atoms with van der Waals surface area (Å²) in [6.45, 7) is 2.05. The Morgan fingerprint density at radius 2 is 2.21 bits per heavy atom. The van der Waals surface area contributed by atoms with Gasteiger partial charge in [0.15, 0.2) is 0 Å². The normalized spacial score (nSPS) is 17.1. The van der Waals surface area contributed by atoms with Crippen molar-refractivity contribution in [3.63, 3.8) is 0 Å². The first-order valence-electron chi connectivity index (χ1n) is 8.11. The van der Waals surface area contributed by atoms with Gasteiger partial charge in [-0.3, -0.25) is 9.59 Å². The van der Waals surface area contributed by atoms with Gasteiger partial charge in [-0.1, -0.05) is 13.0 Å². The number of rotatable bonds is 7. The fraction of sp³-hybridized carbons (Fsp3) is 0.529. The number of hydrogen-bond acceptors (Lipinski definition) is 3. The van der Waals surface area contributed by atoms with E-state index in [1.165, 1.54) is 6.07 Å². The second-order valence-electron chi connectivity index (χ2n) is 5.71. The highest BCUT2D eigenvalue weighted by molar-refractivity contribution is 5.98. The van der Waals surface area contributed by atoms with Crippen LogP contribution in [0.1, 0.15) is 36.5 Å². The minimum atomic E-state index is -2.58. The molecule has 0 bridgehead atoms. The summed E-state index contributed by atoms with van der Waals surface area (Å²) in [5.41, 5.74) is 0.726. The third kappa shape index (κ3) is 4.99. The maximum Gasteiger partial charge on any atom is 0.255 e. The Morgan fingerprint density at radius 3 is 2.83 bits per heavy atom. The van der Waals surface area contributed by atoms with Gasteiger partial charge < -0.3 is 15.0 Å². The van der Waals surface area contributed by atoms with Gasteiger partial charge in [0.05, 0.1) is 6.54 Å². The van der Waals surface area contributed by atoms with Gasteiger partial charge in [0.25, 0.3) is 18.2 Å². The first-order valence-corrected chi connectivity index (χ1v) is 8.11. The molecule has 1 heterocycles. The smallest absolute Gasteiger partial charge is 0.255 e. The number of anilines is 1. The van der Waals surface area contributed by atoms with Crippen LogP contribution < -0.4 is 5.32 Å². The Kier molecular flexibility index (Phi) is 6.66. The number of ether oxygens (including phenoxy) is 1. The van der Waals surface area contributed by atoms with Crippen molar-refractivity contribution in [1.82, 2.24) is 4.90 Å². The fourth-order valence-corrected chi connectivity index (χ4v) is 2.63. The van der Waals surface area contributed by atoms with Crippen LogP contribution in [0, 0.1) is 0 Å². The van der Waals surface area contributed by atoms with E-state index >= 15 is 0 Å². The van der Waals surface area contributed by atoms with Gasteiger partial charge in [-0.15, -0.1) is 0 Å². The number of amides is 2. The van der Waals surface area contributed by atoms with Crippen molar-refractivity contribution < 1.29 is 23.1 Å². The maximum atomic E-state index is 12.6. The molecule has 7 heteroatoms. The van der Waals surface area contributed by atoms with Crippen molar-refractivity contribution in [3.8, 4) is 0 Å². The minimum Gasteiger partial charge on any atom is -0.368 e. The molecular weight excluding hydrogens is 318 g/mol. The van der Waals surface area contributed by atoms with E-state index < -0.39 is 25.0 Å². The average Bonchev–Trinajstić information content (AvgIpc) is 3.08. The molecular formula is C17H22F2N2O3. The van der Waals surface area contributed by atoms with E-state index in [-0.39, 0.29) is 18.0 Å². The van der Waals surface area contributed by atoms with Crippen LogP contribution in [0.3, 0.4) is 0 Å². The lowest BCUT2D eigenvalue weighted by atomic mass is 10.1. The number of hydrogen-bond donors (Lipinski definition) is 1. The molecule has 2 rings (SSSR count). The lowest BCUT2D eigenvalue weighted by molar-refractivity contribution is -0.124. The summed E-state index contributed by atoms with van der Waals surface area (Å²) in [6, 6.07) is 6.33. The summed E-state index contributed by atoms with van der Waals surface area (Å²) in [6.07, 6.45) is -0.949. The molecule has 1 aliphatic rings. The van der Waals surface area contributed by atoms with E-state index in [0.717, 1.165) is 11.3 Å². The molecule has 1 aromatic carbocycles. The highest BCUT2D eigenvalue weighted by atomic mass is 19.3. The molecule has 24 heavy (non-hydrogen) atoms. The van der Waals surface area contributed by atoms with E-state index in [1.807, 2.05) is 6.92 Å². The maximum absolute atomic E-state index is 12.6. The summed E-state index contributed by atoms with van der Waals surface area (Å²) in [5, 5.41) is 2.71. The van der Waals surface area contributed by atoms with Crippen LogP contribution >= 0.6 is 0 Å². The van der Waals surface area contributed by atoms with E-state index in [0.29, 0.717) is 25.1 Å². The molecule has 0 aliphatic carbocycles. The van der Waals surface area contributed by atoms with Crippen molar-refractivity contribution in [3.05, 3.63) is 29.8 Å². The van der Waals surface area contributed by atoms with Crippen LogP contribution in [0.2, 0.25) is 0 Å².